The summed E-state index contributed by atoms with van der Waals surface area (Å²) in [4.78, 5) is 24.9. The van der Waals surface area contributed by atoms with Crippen molar-refractivity contribution in [2.24, 2.45) is 0 Å². The average molecular weight is 272 g/mol. The van der Waals surface area contributed by atoms with Gasteiger partial charge in [-0.3, -0.25) is 14.3 Å². The normalized spacial score (nSPS) is 34.6. The Morgan fingerprint density at radius 3 is 2.79 bits per heavy atom. The molecule has 1 aliphatic heterocycles. The molecule has 4 unspecified atom stereocenters. The quantitative estimate of drug-likeness (QED) is 0.598. The molecule has 1 fully saturated rings. The molecule has 1 aliphatic rings. The lowest BCUT2D eigenvalue weighted by Crippen LogP contribution is -2.48. The molecule has 1 aromatic rings. The van der Waals surface area contributed by atoms with E-state index >= 15 is 0 Å². The smallest absolute Gasteiger partial charge is 0.330 e. The van der Waals surface area contributed by atoms with E-state index in [0.717, 1.165) is 4.57 Å². The first kappa shape index (κ1) is 13.9. The summed E-state index contributed by atoms with van der Waals surface area (Å²) < 4.78 is 11.8. The third-order valence-electron chi connectivity index (χ3n) is 3.46. The van der Waals surface area contributed by atoms with Crippen LogP contribution >= 0.6 is 0 Å². The molecule has 106 valence electrons. The van der Waals surface area contributed by atoms with Crippen molar-refractivity contribution in [1.82, 2.24) is 9.55 Å². The Kier molecular flexibility index (Phi) is 3.59. The highest BCUT2D eigenvalue weighted by molar-refractivity contribution is 5.01. The number of aromatic nitrogens is 2. The van der Waals surface area contributed by atoms with Crippen molar-refractivity contribution in [1.29, 1.82) is 0 Å². The summed E-state index contributed by atoms with van der Waals surface area (Å²) in [5.41, 5.74) is -2.42. The molecule has 0 saturated carbocycles. The Balaban J connectivity index is 2.48. The van der Waals surface area contributed by atoms with Gasteiger partial charge in [0.1, 0.15) is 17.8 Å². The molecule has 0 bridgehead atoms. The lowest BCUT2D eigenvalue weighted by molar-refractivity contribution is -0.121. The Morgan fingerprint density at radius 1 is 1.58 bits per heavy atom. The van der Waals surface area contributed by atoms with Gasteiger partial charge in [-0.15, -0.1) is 0 Å². The monoisotopic (exact) mass is 272 g/mol. The minimum absolute atomic E-state index is 0.408. The number of H-pyrrole nitrogens is 1. The van der Waals surface area contributed by atoms with Gasteiger partial charge in [-0.2, -0.15) is 0 Å². The van der Waals surface area contributed by atoms with Crippen LogP contribution in [0, 0.1) is 0 Å². The van der Waals surface area contributed by atoms with Gasteiger partial charge in [-0.05, 0) is 6.92 Å². The van der Waals surface area contributed by atoms with E-state index in [1.165, 1.54) is 19.4 Å². The van der Waals surface area contributed by atoms with E-state index in [1.54, 1.807) is 6.92 Å². The number of hydrogen-bond acceptors (Lipinski definition) is 6. The van der Waals surface area contributed by atoms with Gasteiger partial charge in [0, 0.05) is 19.4 Å². The fourth-order valence-electron chi connectivity index (χ4n) is 2.21. The summed E-state index contributed by atoms with van der Waals surface area (Å²) in [5, 5.41) is 19.2. The first-order chi connectivity index (χ1) is 8.93. The zero-order valence-corrected chi connectivity index (χ0v) is 10.6. The van der Waals surface area contributed by atoms with Crippen LogP contribution in [0.3, 0.4) is 0 Å². The summed E-state index contributed by atoms with van der Waals surface area (Å²) in [5.74, 6) is 0. The zero-order chi connectivity index (χ0) is 14.2. The molecule has 8 heteroatoms. The number of rotatable bonds is 3. The second-order valence-electron chi connectivity index (χ2n) is 4.56. The molecule has 0 aromatic carbocycles. The first-order valence-electron chi connectivity index (χ1n) is 5.75. The molecule has 19 heavy (non-hydrogen) atoms. The fraction of sp³-hybridized carbons (Fsp3) is 0.636. The van der Waals surface area contributed by atoms with Crippen LogP contribution in [0.5, 0.6) is 0 Å². The van der Waals surface area contributed by atoms with E-state index in [0.29, 0.717) is 0 Å². The van der Waals surface area contributed by atoms with Crippen LogP contribution in [0.25, 0.3) is 0 Å². The van der Waals surface area contributed by atoms with Gasteiger partial charge < -0.3 is 19.7 Å². The number of methoxy groups -OCH3 is 1. The Bertz CT molecular complexity index is 567. The van der Waals surface area contributed by atoms with Crippen LogP contribution in [0.1, 0.15) is 13.2 Å². The van der Waals surface area contributed by atoms with Crippen molar-refractivity contribution in [3.63, 3.8) is 0 Å². The first-order valence-corrected chi connectivity index (χ1v) is 5.75. The summed E-state index contributed by atoms with van der Waals surface area (Å²) in [6, 6.07) is 1.17. The number of ether oxygens (including phenoxy) is 2. The molecule has 0 spiro atoms. The molecule has 1 aromatic heterocycles. The van der Waals surface area contributed by atoms with Crippen LogP contribution in [0.4, 0.5) is 0 Å². The van der Waals surface area contributed by atoms with Crippen LogP contribution in [0.2, 0.25) is 0 Å². The fourth-order valence-corrected chi connectivity index (χ4v) is 2.21. The van der Waals surface area contributed by atoms with Crippen LogP contribution in [-0.2, 0) is 9.47 Å². The van der Waals surface area contributed by atoms with Crippen LogP contribution in [-0.4, -0.2) is 51.3 Å². The van der Waals surface area contributed by atoms with Gasteiger partial charge in [0.15, 0.2) is 6.23 Å². The topological polar surface area (TPSA) is 114 Å². The number of nitrogens with one attached hydrogen (secondary N) is 1. The van der Waals surface area contributed by atoms with E-state index < -0.39 is 41.9 Å². The van der Waals surface area contributed by atoms with Gasteiger partial charge >= 0.3 is 5.69 Å². The van der Waals surface area contributed by atoms with Crippen molar-refractivity contribution >= 4 is 0 Å². The summed E-state index contributed by atoms with van der Waals surface area (Å²) in [6.45, 7) is 1.16. The molecular formula is C11H16N2O6. The maximum Gasteiger partial charge on any atom is 0.330 e. The highest BCUT2D eigenvalue weighted by atomic mass is 16.6. The molecule has 0 amide bonds. The molecule has 2 rings (SSSR count). The van der Waals surface area contributed by atoms with Crippen molar-refractivity contribution in [3.05, 3.63) is 33.1 Å². The standard InChI is InChI=1S/C11H16N2O6/c1-11(18-2)8(16)6(5-14)19-9(11)13-4-3-7(15)12-10(13)17/h3-4,6,8-9,14,16H,5H2,1-2H3,(H,12,15,17). The predicted octanol–water partition coefficient (Wildman–Crippen LogP) is -1.81. The largest absolute Gasteiger partial charge is 0.394 e. The maximum absolute atomic E-state index is 11.8. The second kappa shape index (κ2) is 4.89. The number of nitrogens with zero attached hydrogens (tertiary/aromatic N) is 1. The van der Waals surface area contributed by atoms with Crippen molar-refractivity contribution in [2.75, 3.05) is 13.7 Å². The maximum atomic E-state index is 11.8. The molecule has 1 saturated heterocycles. The minimum atomic E-state index is -1.21. The summed E-state index contributed by atoms with van der Waals surface area (Å²) in [7, 11) is 1.37. The number of aliphatic hydroxyl groups excluding tert-OH is 2. The SMILES string of the molecule is COC1(C)C(O)C(CO)OC1n1ccc(=O)[nH]c1=O. The molecule has 2 heterocycles. The van der Waals surface area contributed by atoms with E-state index in [9.17, 15) is 14.7 Å². The van der Waals surface area contributed by atoms with Crippen LogP contribution < -0.4 is 11.2 Å². The molecule has 4 atom stereocenters. The number of aromatic amines is 1. The zero-order valence-electron chi connectivity index (χ0n) is 10.6. The molecule has 0 radical (unpaired) electrons. The Morgan fingerprint density at radius 2 is 2.26 bits per heavy atom. The number of hydrogen-bond donors (Lipinski definition) is 3. The van der Waals surface area contributed by atoms with Crippen molar-refractivity contribution in [2.45, 2.75) is 31.0 Å². The van der Waals surface area contributed by atoms with Gasteiger partial charge in [-0.1, -0.05) is 0 Å². The van der Waals surface area contributed by atoms with E-state index in [-0.39, 0.29) is 0 Å². The molecule has 8 nitrogen and oxygen atoms in total. The third-order valence-corrected chi connectivity index (χ3v) is 3.46. The minimum Gasteiger partial charge on any atom is -0.394 e. The predicted molar refractivity (Wildman–Crippen MR) is 63.7 cm³/mol. The summed E-state index contributed by atoms with van der Waals surface area (Å²) >= 11 is 0. The van der Waals surface area contributed by atoms with Crippen LogP contribution in [0.15, 0.2) is 21.9 Å². The van der Waals surface area contributed by atoms with Gasteiger partial charge in [-0.25, -0.2) is 4.79 Å². The third kappa shape index (κ3) is 2.12. The number of aliphatic hydroxyl groups is 2. The highest BCUT2D eigenvalue weighted by Crippen LogP contribution is 2.39. The van der Waals surface area contributed by atoms with Crippen molar-refractivity contribution in [3.8, 4) is 0 Å². The summed E-state index contributed by atoms with van der Waals surface area (Å²) in [6.07, 6.45) is -1.66. The molecular weight excluding hydrogens is 256 g/mol. The highest BCUT2D eigenvalue weighted by Gasteiger charge is 2.54. The van der Waals surface area contributed by atoms with E-state index in [1.807, 2.05) is 0 Å². The Hall–Kier alpha value is -1.48. The second-order valence-corrected chi connectivity index (χ2v) is 4.56. The Labute approximate surface area is 108 Å². The van der Waals surface area contributed by atoms with E-state index in [4.69, 9.17) is 14.6 Å². The van der Waals surface area contributed by atoms with Gasteiger partial charge in [0.05, 0.1) is 6.61 Å². The lowest BCUT2D eigenvalue weighted by atomic mass is 9.96. The van der Waals surface area contributed by atoms with Gasteiger partial charge in [0.2, 0.25) is 0 Å². The van der Waals surface area contributed by atoms with E-state index in [2.05, 4.69) is 4.98 Å². The van der Waals surface area contributed by atoms with Gasteiger partial charge in [0.25, 0.3) is 5.56 Å². The molecule has 0 aliphatic carbocycles. The average Bonchev–Trinajstić information content (AvgIpc) is 2.63. The molecule has 3 N–H and O–H groups in total. The lowest BCUT2D eigenvalue weighted by Gasteiger charge is -2.31. The van der Waals surface area contributed by atoms with Crippen molar-refractivity contribution < 1.29 is 19.7 Å².